The molecule has 0 aliphatic carbocycles. The van der Waals surface area contributed by atoms with Gasteiger partial charge in [-0.05, 0) is 40.1 Å². The molecule has 0 fully saturated rings. The summed E-state index contributed by atoms with van der Waals surface area (Å²) in [5.41, 5.74) is 0. The molecule has 0 spiro atoms. The van der Waals surface area contributed by atoms with Gasteiger partial charge in [0.1, 0.15) is 0 Å². The first kappa shape index (κ1) is 18.6. The van der Waals surface area contributed by atoms with Crippen molar-refractivity contribution in [3.63, 3.8) is 0 Å². The van der Waals surface area contributed by atoms with Crippen LogP contribution in [0.25, 0.3) is 0 Å². The first-order chi connectivity index (χ1) is 9.67. The number of hydrogen-bond donors (Lipinski definition) is 2. The Kier molecular flexibility index (Phi) is 6.80. The van der Waals surface area contributed by atoms with Crippen molar-refractivity contribution in [3.05, 3.63) is 15.8 Å². The predicted molar refractivity (Wildman–Crippen MR) is 89.3 cm³/mol. The molecule has 122 valence electrons. The van der Waals surface area contributed by atoms with Crippen LogP contribution in [0, 0.1) is 12.8 Å². The molecule has 0 saturated carbocycles. The summed E-state index contributed by atoms with van der Waals surface area (Å²) in [5, 5.41) is 3.05. The zero-order chi connectivity index (χ0) is 16.2. The molecule has 5 nitrogen and oxygen atoms in total. The fraction of sp³-hybridized carbons (Fsp3) is 0.714. The van der Waals surface area contributed by atoms with E-state index in [4.69, 9.17) is 0 Å². The van der Waals surface area contributed by atoms with Gasteiger partial charge in [0.05, 0.1) is 4.90 Å². The van der Waals surface area contributed by atoms with E-state index < -0.39 is 10.0 Å². The Labute approximate surface area is 132 Å². The molecule has 1 unspecified atom stereocenters. The average molecular weight is 334 g/mol. The molecule has 1 aromatic heterocycles. The van der Waals surface area contributed by atoms with Crippen LogP contribution in [0.5, 0.6) is 0 Å². The number of nitrogens with zero attached hydrogens (tertiary/aromatic N) is 1. The second kappa shape index (κ2) is 7.69. The van der Waals surface area contributed by atoms with Gasteiger partial charge < -0.3 is 10.2 Å². The van der Waals surface area contributed by atoms with Gasteiger partial charge in [0.2, 0.25) is 10.0 Å². The van der Waals surface area contributed by atoms with E-state index in [1.807, 2.05) is 46.8 Å². The number of rotatable bonds is 8. The molecule has 0 radical (unpaired) electrons. The van der Waals surface area contributed by atoms with Gasteiger partial charge in [-0.2, -0.15) is 0 Å². The molecular weight excluding hydrogens is 306 g/mol. The maximum atomic E-state index is 12.6. The number of likely N-dealkylation sites (N-methyl/N-ethyl adjacent to an activating group) is 1. The third-order valence-electron chi connectivity index (χ3n) is 3.24. The maximum Gasteiger partial charge on any atom is 0.241 e. The lowest BCUT2D eigenvalue weighted by Gasteiger charge is -2.25. The normalized spacial score (nSPS) is 14.1. The van der Waals surface area contributed by atoms with Crippen LogP contribution >= 0.6 is 11.3 Å². The number of sulfonamides is 1. The van der Waals surface area contributed by atoms with E-state index in [1.54, 1.807) is 6.07 Å². The third-order valence-corrected chi connectivity index (χ3v) is 6.03. The zero-order valence-electron chi connectivity index (χ0n) is 13.7. The summed E-state index contributed by atoms with van der Waals surface area (Å²) in [4.78, 5) is 4.27. The minimum atomic E-state index is -3.47. The molecule has 0 amide bonds. The van der Waals surface area contributed by atoms with Crippen LogP contribution in [0.1, 0.15) is 23.6 Å². The van der Waals surface area contributed by atoms with E-state index in [9.17, 15) is 8.42 Å². The molecule has 0 aliphatic rings. The highest BCUT2D eigenvalue weighted by Gasteiger charge is 2.25. The standard InChI is InChI=1S/C14H27N3O2S2/c1-10(2)13(9-17(5)6)16-21(18,19)14-7-12(8-15-4)20-11(14)3/h7,10,13,15-16H,8-9H2,1-6H3. The molecule has 0 saturated heterocycles. The summed E-state index contributed by atoms with van der Waals surface area (Å²) >= 11 is 1.52. The topological polar surface area (TPSA) is 61.4 Å². The van der Waals surface area contributed by atoms with Crippen LogP contribution in [0.2, 0.25) is 0 Å². The van der Waals surface area contributed by atoms with Crippen LogP contribution in [0.3, 0.4) is 0 Å². The van der Waals surface area contributed by atoms with Crippen molar-refractivity contribution in [1.82, 2.24) is 14.9 Å². The molecule has 0 aromatic carbocycles. The molecule has 1 aromatic rings. The molecule has 1 atom stereocenters. The lowest BCUT2D eigenvalue weighted by atomic mass is 10.1. The lowest BCUT2D eigenvalue weighted by molar-refractivity contribution is 0.314. The van der Waals surface area contributed by atoms with Crippen LogP contribution in [0.4, 0.5) is 0 Å². The largest absolute Gasteiger partial charge is 0.315 e. The molecule has 7 heteroatoms. The quantitative estimate of drug-likeness (QED) is 0.759. The average Bonchev–Trinajstić information content (AvgIpc) is 2.69. The first-order valence-electron chi connectivity index (χ1n) is 7.08. The molecule has 21 heavy (non-hydrogen) atoms. The number of hydrogen-bond acceptors (Lipinski definition) is 5. The molecular formula is C14H27N3O2S2. The Bertz CT molecular complexity index is 551. The van der Waals surface area contributed by atoms with Gasteiger partial charge in [-0.1, -0.05) is 13.8 Å². The van der Waals surface area contributed by atoms with E-state index in [0.29, 0.717) is 18.0 Å². The van der Waals surface area contributed by atoms with Gasteiger partial charge in [-0.25, -0.2) is 13.1 Å². The van der Waals surface area contributed by atoms with Crippen molar-refractivity contribution in [2.75, 3.05) is 27.7 Å². The van der Waals surface area contributed by atoms with E-state index in [2.05, 4.69) is 10.0 Å². The van der Waals surface area contributed by atoms with Crippen molar-refractivity contribution in [2.45, 2.75) is 38.3 Å². The molecule has 2 N–H and O–H groups in total. The Hall–Kier alpha value is -0.470. The number of thiophene rings is 1. The predicted octanol–water partition coefficient (Wildman–Crippen LogP) is 1.64. The van der Waals surface area contributed by atoms with Gasteiger partial charge in [-0.15, -0.1) is 11.3 Å². The number of aryl methyl sites for hydroxylation is 1. The van der Waals surface area contributed by atoms with Gasteiger partial charge in [0.15, 0.2) is 0 Å². The first-order valence-corrected chi connectivity index (χ1v) is 9.38. The van der Waals surface area contributed by atoms with Crippen LogP contribution < -0.4 is 10.0 Å². The number of nitrogens with one attached hydrogen (secondary N) is 2. The molecule has 1 heterocycles. The second-order valence-corrected chi connectivity index (χ2v) is 8.92. The Morgan fingerprint density at radius 3 is 2.43 bits per heavy atom. The Morgan fingerprint density at radius 2 is 1.95 bits per heavy atom. The van der Waals surface area contributed by atoms with Crippen molar-refractivity contribution >= 4 is 21.4 Å². The summed E-state index contributed by atoms with van der Waals surface area (Å²) in [7, 11) is 2.28. The van der Waals surface area contributed by atoms with Gasteiger partial charge in [0.25, 0.3) is 0 Å². The minimum Gasteiger partial charge on any atom is -0.315 e. The van der Waals surface area contributed by atoms with Crippen molar-refractivity contribution in [1.29, 1.82) is 0 Å². The van der Waals surface area contributed by atoms with Gasteiger partial charge in [0, 0.05) is 28.9 Å². The van der Waals surface area contributed by atoms with Crippen LogP contribution in [-0.4, -0.2) is 47.0 Å². The maximum absolute atomic E-state index is 12.6. The van der Waals surface area contributed by atoms with E-state index >= 15 is 0 Å². The van der Waals surface area contributed by atoms with Gasteiger partial charge >= 0.3 is 0 Å². The smallest absolute Gasteiger partial charge is 0.241 e. The summed E-state index contributed by atoms with van der Waals surface area (Å²) in [6.45, 7) is 7.29. The highest BCUT2D eigenvalue weighted by Crippen LogP contribution is 2.26. The van der Waals surface area contributed by atoms with Crippen LogP contribution in [-0.2, 0) is 16.6 Å². The highest BCUT2D eigenvalue weighted by atomic mass is 32.2. The summed E-state index contributed by atoms with van der Waals surface area (Å²) < 4.78 is 28.1. The Balaban J connectivity index is 2.99. The van der Waals surface area contributed by atoms with E-state index in [1.165, 1.54) is 11.3 Å². The minimum absolute atomic E-state index is 0.1000. The molecule has 1 rings (SSSR count). The monoisotopic (exact) mass is 333 g/mol. The van der Waals surface area contributed by atoms with Gasteiger partial charge in [-0.3, -0.25) is 0 Å². The van der Waals surface area contributed by atoms with E-state index in [-0.39, 0.29) is 12.0 Å². The lowest BCUT2D eigenvalue weighted by Crippen LogP contribution is -2.44. The zero-order valence-corrected chi connectivity index (χ0v) is 15.4. The molecule has 0 bridgehead atoms. The Morgan fingerprint density at radius 1 is 1.33 bits per heavy atom. The third kappa shape index (κ3) is 5.34. The fourth-order valence-corrected chi connectivity index (χ4v) is 5.12. The molecule has 0 aliphatic heterocycles. The van der Waals surface area contributed by atoms with E-state index in [0.717, 1.165) is 9.75 Å². The highest BCUT2D eigenvalue weighted by molar-refractivity contribution is 7.89. The van der Waals surface area contributed by atoms with Crippen molar-refractivity contribution in [2.24, 2.45) is 5.92 Å². The summed E-state index contributed by atoms with van der Waals surface area (Å²) in [5.74, 6) is 0.234. The summed E-state index contributed by atoms with van der Waals surface area (Å²) in [6, 6.07) is 1.67. The summed E-state index contributed by atoms with van der Waals surface area (Å²) in [6.07, 6.45) is 0. The SMILES string of the molecule is CNCc1cc(S(=O)(=O)NC(CN(C)C)C(C)C)c(C)s1. The van der Waals surface area contributed by atoms with Crippen molar-refractivity contribution < 1.29 is 8.42 Å². The second-order valence-electron chi connectivity index (χ2n) is 5.90. The fourth-order valence-electron chi connectivity index (χ4n) is 2.09. The van der Waals surface area contributed by atoms with Crippen molar-refractivity contribution in [3.8, 4) is 0 Å². The van der Waals surface area contributed by atoms with Crippen LogP contribution in [0.15, 0.2) is 11.0 Å².